The average molecular weight is 317 g/mol. The van der Waals surface area contributed by atoms with Gasteiger partial charge in [0, 0.05) is 12.0 Å². The van der Waals surface area contributed by atoms with Crippen molar-refractivity contribution in [1.82, 2.24) is 0 Å². The Hall–Kier alpha value is -1.88. The highest BCUT2D eigenvalue weighted by Gasteiger charge is 2.27. The van der Waals surface area contributed by atoms with Crippen LogP contribution in [0.3, 0.4) is 0 Å². The van der Waals surface area contributed by atoms with E-state index >= 15 is 0 Å². The molecule has 22 heavy (non-hydrogen) atoms. The fourth-order valence-electron chi connectivity index (χ4n) is 2.65. The van der Waals surface area contributed by atoms with Crippen LogP contribution in [0.4, 0.5) is 0 Å². The van der Waals surface area contributed by atoms with Crippen molar-refractivity contribution in [2.24, 2.45) is 5.73 Å². The van der Waals surface area contributed by atoms with Gasteiger partial charge in [-0.15, -0.1) is 0 Å². The smallest absolute Gasteiger partial charge is 0.203 e. The second-order valence-electron chi connectivity index (χ2n) is 5.65. The molecule has 117 valence electrons. The van der Waals surface area contributed by atoms with Gasteiger partial charge in [-0.1, -0.05) is 12.1 Å². The number of sulfone groups is 1. The van der Waals surface area contributed by atoms with Crippen LogP contribution in [0.2, 0.25) is 0 Å². The van der Waals surface area contributed by atoms with Gasteiger partial charge in [0.05, 0.1) is 9.80 Å². The minimum atomic E-state index is -3.62. The van der Waals surface area contributed by atoms with Gasteiger partial charge in [0.2, 0.25) is 9.84 Å². The quantitative estimate of drug-likeness (QED) is 0.664. The summed E-state index contributed by atoms with van der Waals surface area (Å²) < 4.78 is 26.1. The number of hydrogen-bond acceptors (Lipinski definition) is 3. The summed E-state index contributed by atoms with van der Waals surface area (Å²) in [5.74, 6) is -0.116. The maximum absolute atomic E-state index is 13.1. The monoisotopic (exact) mass is 317 g/mol. The first-order valence-corrected chi connectivity index (χ1v) is 8.56. The number of aryl methyl sites for hydroxylation is 2. The molecular weight excluding hydrogens is 296 g/mol. The minimum Gasteiger partial charge on any atom is -0.384 e. The lowest BCUT2D eigenvalue weighted by Crippen LogP contribution is -2.17. The number of amidine groups is 1. The Bertz CT molecular complexity index is 789. The van der Waals surface area contributed by atoms with Crippen LogP contribution in [-0.4, -0.2) is 14.3 Å². The van der Waals surface area contributed by atoms with Gasteiger partial charge >= 0.3 is 0 Å². The molecule has 0 aromatic heterocycles. The second-order valence-corrected chi connectivity index (χ2v) is 7.54. The molecule has 1 aromatic rings. The van der Waals surface area contributed by atoms with E-state index in [4.69, 9.17) is 11.1 Å². The Morgan fingerprint density at radius 1 is 1.14 bits per heavy atom. The van der Waals surface area contributed by atoms with Crippen molar-refractivity contribution in [2.75, 3.05) is 0 Å². The Kier molecular flexibility index (Phi) is 4.29. The van der Waals surface area contributed by atoms with E-state index in [1.54, 1.807) is 12.5 Å². The third-order valence-corrected chi connectivity index (χ3v) is 6.20. The van der Waals surface area contributed by atoms with E-state index in [0.29, 0.717) is 16.9 Å². The van der Waals surface area contributed by atoms with E-state index in [1.807, 2.05) is 33.8 Å². The topological polar surface area (TPSA) is 84.0 Å². The van der Waals surface area contributed by atoms with Crippen molar-refractivity contribution in [1.29, 1.82) is 5.41 Å². The Morgan fingerprint density at radius 3 is 2.18 bits per heavy atom. The van der Waals surface area contributed by atoms with E-state index in [1.165, 1.54) is 6.08 Å². The third kappa shape index (κ3) is 2.73. The lowest BCUT2D eigenvalue weighted by atomic mass is 10.0. The van der Waals surface area contributed by atoms with Crippen LogP contribution in [-0.2, 0) is 9.84 Å². The fraction of sp³-hybridized carbons (Fsp3) is 0.294. The van der Waals surface area contributed by atoms with Crippen molar-refractivity contribution in [3.63, 3.8) is 0 Å². The highest BCUT2D eigenvalue weighted by Crippen LogP contribution is 2.33. The summed E-state index contributed by atoms with van der Waals surface area (Å²) in [6, 6.07) is 2.00. The maximum Gasteiger partial charge on any atom is 0.203 e. The highest BCUT2D eigenvalue weighted by atomic mass is 32.2. The van der Waals surface area contributed by atoms with E-state index in [-0.39, 0.29) is 10.7 Å². The van der Waals surface area contributed by atoms with Gasteiger partial charge < -0.3 is 5.73 Å². The summed E-state index contributed by atoms with van der Waals surface area (Å²) in [7, 11) is -3.62. The van der Waals surface area contributed by atoms with Gasteiger partial charge in [-0.05, 0) is 62.4 Å². The first-order valence-electron chi connectivity index (χ1n) is 7.08. The SMILES string of the molecule is Cc1cc(C)c(C)c(S(=O)(=O)C2=CC(C(=N)N)=CC[CH]2)c1C. The molecular formula is C17H21N2O2S. The van der Waals surface area contributed by atoms with Gasteiger partial charge in [-0.2, -0.15) is 0 Å². The molecule has 1 aromatic carbocycles. The van der Waals surface area contributed by atoms with Crippen molar-refractivity contribution in [3.8, 4) is 0 Å². The molecule has 0 fully saturated rings. The average Bonchev–Trinajstić information content (AvgIpc) is 2.45. The van der Waals surface area contributed by atoms with Crippen molar-refractivity contribution in [3.05, 3.63) is 57.4 Å². The molecule has 5 heteroatoms. The first-order chi connectivity index (χ1) is 10.2. The van der Waals surface area contributed by atoms with Crippen LogP contribution >= 0.6 is 0 Å². The Balaban J connectivity index is 2.67. The molecule has 0 spiro atoms. The molecule has 1 aliphatic rings. The molecule has 2 rings (SSSR count). The molecule has 1 aliphatic carbocycles. The molecule has 1 radical (unpaired) electrons. The van der Waals surface area contributed by atoms with Crippen LogP contribution < -0.4 is 5.73 Å². The molecule has 0 unspecified atom stereocenters. The van der Waals surface area contributed by atoms with Crippen molar-refractivity contribution >= 4 is 15.7 Å². The zero-order valence-corrected chi connectivity index (χ0v) is 14.1. The van der Waals surface area contributed by atoms with E-state index in [2.05, 4.69) is 0 Å². The molecule has 3 N–H and O–H groups in total. The van der Waals surface area contributed by atoms with Crippen LogP contribution in [0.15, 0.2) is 33.6 Å². The van der Waals surface area contributed by atoms with Gasteiger partial charge in [0.1, 0.15) is 5.84 Å². The Morgan fingerprint density at radius 2 is 1.68 bits per heavy atom. The normalized spacial score (nSPS) is 15.3. The highest BCUT2D eigenvalue weighted by molar-refractivity contribution is 7.95. The molecule has 0 aliphatic heterocycles. The summed E-state index contributed by atoms with van der Waals surface area (Å²) in [4.78, 5) is 0.591. The van der Waals surface area contributed by atoms with Gasteiger partial charge in [-0.3, -0.25) is 5.41 Å². The summed E-state index contributed by atoms with van der Waals surface area (Å²) in [5, 5.41) is 7.50. The number of allylic oxidation sites excluding steroid dienone is 2. The second kappa shape index (κ2) is 5.72. The summed E-state index contributed by atoms with van der Waals surface area (Å²) in [6.45, 7) is 7.50. The first kappa shape index (κ1) is 16.5. The van der Waals surface area contributed by atoms with Gasteiger partial charge in [0.15, 0.2) is 0 Å². The lowest BCUT2D eigenvalue weighted by Gasteiger charge is -2.19. The molecule has 4 nitrogen and oxygen atoms in total. The number of benzene rings is 1. The molecule has 0 bridgehead atoms. The predicted octanol–water partition coefficient (Wildman–Crippen LogP) is 3.05. The largest absolute Gasteiger partial charge is 0.384 e. The van der Waals surface area contributed by atoms with E-state index < -0.39 is 9.84 Å². The third-order valence-electron chi connectivity index (χ3n) is 4.14. The van der Waals surface area contributed by atoms with Gasteiger partial charge in [0.25, 0.3) is 0 Å². The van der Waals surface area contributed by atoms with Crippen LogP contribution in [0.25, 0.3) is 0 Å². The molecule has 0 heterocycles. The number of rotatable bonds is 3. The molecule has 0 amide bonds. The van der Waals surface area contributed by atoms with E-state index in [9.17, 15) is 8.42 Å². The zero-order valence-electron chi connectivity index (χ0n) is 13.3. The molecule has 0 saturated carbocycles. The van der Waals surface area contributed by atoms with Crippen molar-refractivity contribution < 1.29 is 8.42 Å². The van der Waals surface area contributed by atoms with Gasteiger partial charge in [-0.25, -0.2) is 8.42 Å². The molecule has 0 atom stereocenters. The lowest BCUT2D eigenvalue weighted by molar-refractivity contribution is 0.600. The number of nitrogens with one attached hydrogen (secondary N) is 1. The minimum absolute atomic E-state index is 0.116. The number of hydrogen-bond donors (Lipinski definition) is 2. The molecule has 0 saturated heterocycles. The predicted molar refractivity (Wildman–Crippen MR) is 89.6 cm³/mol. The summed E-state index contributed by atoms with van der Waals surface area (Å²) >= 11 is 0. The van der Waals surface area contributed by atoms with Crippen molar-refractivity contribution in [2.45, 2.75) is 39.0 Å². The fourth-order valence-corrected chi connectivity index (χ4v) is 4.61. The standard InChI is InChI=1S/C17H21N2O2S/c1-10-8-11(2)13(4)16(12(10)3)22(20,21)15-7-5-6-14(9-15)17(18)19/h6-9H,5H2,1-4H3,(H3,18,19). The maximum atomic E-state index is 13.1. The number of nitrogens with two attached hydrogens (primary N) is 1. The summed E-state index contributed by atoms with van der Waals surface area (Å²) in [5.41, 5.74) is 9.41. The van der Waals surface area contributed by atoms with E-state index in [0.717, 1.165) is 22.3 Å². The summed E-state index contributed by atoms with van der Waals surface area (Å²) in [6.07, 6.45) is 5.36. The van der Waals surface area contributed by atoms with Crippen LogP contribution in [0, 0.1) is 39.5 Å². The van der Waals surface area contributed by atoms with Crippen LogP contribution in [0.1, 0.15) is 28.7 Å². The van der Waals surface area contributed by atoms with Crippen LogP contribution in [0.5, 0.6) is 0 Å². The zero-order chi connectivity index (χ0) is 16.7. The Labute approximate surface area is 132 Å².